The summed E-state index contributed by atoms with van der Waals surface area (Å²) in [7, 11) is 0. The van der Waals surface area contributed by atoms with E-state index in [9.17, 15) is 13.2 Å². The van der Waals surface area contributed by atoms with E-state index in [0.717, 1.165) is 12.8 Å². The normalized spacial score (nSPS) is 35.3. The van der Waals surface area contributed by atoms with Crippen molar-refractivity contribution in [3.63, 3.8) is 0 Å². The molecule has 0 aromatic carbocycles. The predicted molar refractivity (Wildman–Crippen MR) is 43.3 cm³/mol. The van der Waals surface area contributed by atoms with Gasteiger partial charge in [-0.25, -0.2) is 0 Å². The number of nitrogens with one attached hydrogen (secondary N) is 1. The fourth-order valence-corrected chi connectivity index (χ4v) is 2.15. The molecule has 1 saturated carbocycles. The molecule has 0 bridgehead atoms. The van der Waals surface area contributed by atoms with Gasteiger partial charge in [-0.1, -0.05) is 12.8 Å². The molecule has 1 aliphatic carbocycles. The van der Waals surface area contributed by atoms with Gasteiger partial charge < -0.3 is 5.32 Å². The van der Waals surface area contributed by atoms with Crippen LogP contribution >= 0.6 is 0 Å². The maximum atomic E-state index is 12.8. The number of hydrogen-bond donors (Lipinski definition) is 1. The molecular weight excluding hydrogens is 179 g/mol. The summed E-state index contributed by atoms with van der Waals surface area (Å²) in [6.07, 6.45) is -1.40. The molecule has 1 atom stereocenters. The SMILES string of the molecule is FC(F)(F)C1(CC2CC2)CCNC1. The van der Waals surface area contributed by atoms with Crippen molar-refractivity contribution < 1.29 is 13.2 Å². The molecule has 4 heteroatoms. The average molecular weight is 193 g/mol. The second kappa shape index (κ2) is 2.87. The van der Waals surface area contributed by atoms with Crippen molar-refractivity contribution in [1.82, 2.24) is 5.32 Å². The Bertz CT molecular complexity index is 190. The van der Waals surface area contributed by atoms with Crippen molar-refractivity contribution in [2.24, 2.45) is 11.3 Å². The molecule has 2 aliphatic rings. The molecule has 1 unspecified atom stereocenters. The Kier molecular flexibility index (Phi) is 2.06. The highest BCUT2D eigenvalue weighted by molar-refractivity contribution is 4.97. The van der Waals surface area contributed by atoms with Crippen molar-refractivity contribution in [1.29, 1.82) is 0 Å². The number of halogens is 3. The Balaban J connectivity index is 2.08. The third-order valence-corrected chi connectivity index (χ3v) is 3.22. The Labute approximate surface area is 75.7 Å². The first-order chi connectivity index (χ1) is 6.04. The molecule has 0 aromatic rings. The highest BCUT2D eigenvalue weighted by atomic mass is 19.4. The summed E-state index contributed by atoms with van der Waals surface area (Å²) in [5, 5.41) is 2.83. The minimum Gasteiger partial charge on any atom is -0.316 e. The smallest absolute Gasteiger partial charge is 0.316 e. The minimum atomic E-state index is -4.01. The molecule has 1 aliphatic heterocycles. The topological polar surface area (TPSA) is 12.0 Å². The van der Waals surface area contributed by atoms with Crippen LogP contribution in [0.25, 0.3) is 0 Å². The number of rotatable bonds is 2. The maximum absolute atomic E-state index is 12.8. The van der Waals surface area contributed by atoms with Crippen LogP contribution in [-0.2, 0) is 0 Å². The van der Waals surface area contributed by atoms with Gasteiger partial charge in [0.15, 0.2) is 0 Å². The molecule has 1 N–H and O–H groups in total. The van der Waals surface area contributed by atoms with E-state index in [-0.39, 0.29) is 13.0 Å². The highest BCUT2D eigenvalue weighted by Gasteiger charge is 2.57. The van der Waals surface area contributed by atoms with Gasteiger partial charge >= 0.3 is 6.18 Å². The Morgan fingerprint density at radius 2 is 2.00 bits per heavy atom. The van der Waals surface area contributed by atoms with E-state index in [1.54, 1.807) is 0 Å². The van der Waals surface area contributed by atoms with Gasteiger partial charge in [-0.15, -0.1) is 0 Å². The predicted octanol–water partition coefficient (Wildman–Crippen LogP) is 2.33. The van der Waals surface area contributed by atoms with E-state index in [2.05, 4.69) is 5.32 Å². The minimum absolute atomic E-state index is 0.132. The van der Waals surface area contributed by atoms with Crippen LogP contribution in [0.15, 0.2) is 0 Å². The molecule has 0 radical (unpaired) electrons. The van der Waals surface area contributed by atoms with E-state index in [0.29, 0.717) is 18.9 Å². The molecule has 1 heterocycles. The molecule has 2 rings (SSSR count). The van der Waals surface area contributed by atoms with Gasteiger partial charge in [0.25, 0.3) is 0 Å². The van der Waals surface area contributed by atoms with E-state index < -0.39 is 11.6 Å². The fraction of sp³-hybridized carbons (Fsp3) is 1.00. The summed E-state index contributed by atoms with van der Waals surface area (Å²) in [6, 6.07) is 0. The van der Waals surface area contributed by atoms with Crippen molar-refractivity contribution in [2.75, 3.05) is 13.1 Å². The quantitative estimate of drug-likeness (QED) is 0.709. The summed E-state index contributed by atoms with van der Waals surface area (Å²) in [6.45, 7) is 0.652. The Morgan fingerprint density at radius 3 is 2.38 bits per heavy atom. The van der Waals surface area contributed by atoms with E-state index in [4.69, 9.17) is 0 Å². The Morgan fingerprint density at radius 1 is 1.31 bits per heavy atom. The average Bonchev–Trinajstić information content (AvgIpc) is 2.64. The second-order valence-electron chi connectivity index (χ2n) is 4.35. The molecule has 13 heavy (non-hydrogen) atoms. The van der Waals surface area contributed by atoms with Gasteiger partial charge in [-0.05, 0) is 25.3 Å². The largest absolute Gasteiger partial charge is 0.395 e. The molecule has 0 spiro atoms. The summed E-state index contributed by atoms with van der Waals surface area (Å²) >= 11 is 0. The summed E-state index contributed by atoms with van der Waals surface area (Å²) in [5.41, 5.74) is -1.39. The van der Waals surface area contributed by atoms with Crippen LogP contribution < -0.4 is 5.32 Å². The second-order valence-corrected chi connectivity index (χ2v) is 4.35. The van der Waals surface area contributed by atoms with Crippen LogP contribution in [0.1, 0.15) is 25.7 Å². The van der Waals surface area contributed by atoms with Gasteiger partial charge in [0, 0.05) is 6.54 Å². The molecule has 76 valence electrons. The van der Waals surface area contributed by atoms with Crippen molar-refractivity contribution in [2.45, 2.75) is 31.9 Å². The zero-order chi connectivity index (χ0) is 9.53. The third-order valence-electron chi connectivity index (χ3n) is 3.22. The summed E-state index contributed by atoms with van der Waals surface area (Å²) < 4.78 is 38.3. The lowest BCUT2D eigenvalue weighted by atomic mass is 9.81. The van der Waals surface area contributed by atoms with Crippen LogP contribution in [0, 0.1) is 11.3 Å². The lowest BCUT2D eigenvalue weighted by Crippen LogP contribution is -2.40. The van der Waals surface area contributed by atoms with Crippen LogP contribution in [-0.4, -0.2) is 19.3 Å². The highest BCUT2D eigenvalue weighted by Crippen LogP contribution is 2.51. The number of alkyl halides is 3. The van der Waals surface area contributed by atoms with Gasteiger partial charge in [0.05, 0.1) is 5.41 Å². The van der Waals surface area contributed by atoms with Gasteiger partial charge in [-0.2, -0.15) is 13.2 Å². The lowest BCUT2D eigenvalue weighted by molar-refractivity contribution is -0.220. The van der Waals surface area contributed by atoms with Crippen molar-refractivity contribution in [3.05, 3.63) is 0 Å². The number of hydrogen-bond acceptors (Lipinski definition) is 1. The zero-order valence-corrected chi connectivity index (χ0v) is 7.45. The van der Waals surface area contributed by atoms with E-state index in [1.807, 2.05) is 0 Å². The monoisotopic (exact) mass is 193 g/mol. The molecular formula is C9H14F3N. The molecule has 2 fully saturated rings. The van der Waals surface area contributed by atoms with Crippen LogP contribution in [0.4, 0.5) is 13.2 Å². The standard InChI is InChI=1S/C9H14F3N/c10-9(11,12)8(3-4-13-6-8)5-7-1-2-7/h7,13H,1-6H2. The summed E-state index contributed by atoms with van der Waals surface area (Å²) in [4.78, 5) is 0. The maximum Gasteiger partial charge on any atom is 0.395 e. The molecule has 0 aromatic heterocycles. The first kappa shape index (κ1) is 9.31. The van der Waals surface area contributed by atoms with Gasteiger partial charge in [0.1, 0.15) is 0 Å². The van der Waals surface area contributed by atoms with Crippen LogP contribution in [0.5, 0.6) is 0 Å². The van der Waals surface area contributed by atoms with Crippen molar-refractivity contribution >= 4 is 0 Å². The first-order valence-corrected chi connectivity index (χ1v) is 4.81. The molecule has 1 saturated heterocycles. The Hall–Kier alpha value is -0.250. The van der Waals surface area contributed by atoms with E-state index >= 15 is 0 Å². The summed E-state index contributed by atoms with van der Waals surface area (Å²) in [5.74, 6) is 0.349. The first-order valence-electron chi connectivity index (χ1n) is 4.81. The molecule has 1 nitrogen and oxygen atoms in total. The third kappa shape index (κ3) is 1.68. The lowest BCUT2D eigenvalue weighted by Gasteiger charge is -2.30. The molecule has 0 amide bonds. The van der Waals surface area contributed by atoms with Gasteiger partial charge in [-0.3, -0.25) is 0 Å². The van der Waals surface area contributed by atoms with Crippen LogP contribution in [0.2, 0.25) is 0 Å². The fourth-order valence-electron chi connectivity index (χ4n) is 2.15. The van der Waals surface area contributed by atoms with Gasteiger partial charge in [0.2, 0.25) is 0 Å². The van der Waals surface area contributed by atoms with Crippen molar-refractivity contribution in [3.8, 4) is 0 Å². The van der Waals surface area contributed by atoms with Crippen LogP contribution in [0.3, 0.4) is 0 Å². The zero-order valence-electron chi connectivity index (χ0n) is 7.45. The van der Waals surface area contributed by atoms with E-state index in [1.165, 1.54) is 0 Å².